The molecule has 3 atom stereocenters. The number of hydrogen-bond donors (Lipinski definition) is 4. The Morgan fingerprint density at radius 2 is 1.27 bits per heavy atom. The summed E-state index contributed by atoms with van der Waals surface area (Å²) in [4.78, 5) is 25.8. The molecule has 7 aromatic carbocycles. The first kappa shape index (κ1) is 89.0. The number of piperidine rings is 1. The average molecular weight is 1670 g/mol. The number of nitrogens with one attached hydrogen (secondary N) is 3. The van der Waals surface area contributed by atoms with Crippen LogP contribution in [0.1, 0.15) is 210 Å². The molecule has 0 radical (unpaired) electrons. The van der Waals surface area contributed by atoms with E-state index in [2.05, 4.69) is 193 Å². The van der Waals surface area contributed by atoms with Crippen LogP contribution in [0.2, 0.25) is 5.02 Å². The van der Waals surface area contributed by atoms with Gasteiger partial charge < -0.3 is 54.4 Å². The Kier molecular flexibility index (Phi) is 30.3. The van der Waals surface area contributed by atoms with Gasteiger partial charge in [-0.2, -0.15) is 4.98 Å². The van der Waals surface area contributed by atoms with Crippen LogP contribution in [-0.4, -0.2) is 123 Å². The lowest BCUT2D eigenvalue weighted by atomic mass is 9.71. The first-order valence-electron chi connectivity index (χ1n) is 44.4. The molecule has 6 aliphatic rings. The molecule has 2 saturated heterocycles. The third-order valence-electron chi connectivity index (χ3n) is 26.7. The molecule has 4 heterocycles. The van der Waals surface area contributed by atoms with Crippen LogP contribution in [0.3, 0.4) is 0 Å². The van der Waals surface area contributed by atoms with Gasteiger partial charge in [-0.15, -0.1) is 0 Å². The SMILES string of the molecule is CCc1cc(C2CCC(C3CCCC(C)CC3)CC2)c(C)cc1Cc1ccc(C)c(Cc2ccccc2C(C)(CC)CC)c1.COc1cc(N2CCC(O)CC2)ccc1Cc1nc2c(c(Nc3ccccc3P(C)(C)=O)n1)C=CC2.COc1cc(N2CCN(C)CC2)ccc1Nc1ncc(Cl)c(Nc2ccccc2P(C)(=O)CC2=CC=CCC2)n1. The highest BCUT2D eigenvalue weighted by molar-refractivity contribution is 7.71. The van der Waals surface area contributed by atoms with Gasteiger partial charge in [-0.05, 0) is 252 Å². The number of ether oxygens (including phenoxy) is 2. The Labute approximate surface area is 721 Å². The molecule has 636 valence electrons. The van der Waals surface area contributed by atoms with Crippen molar-refractivity contribution in [3.05, 3.63) is 253 Å². The highest BCUT2D eigenvalue weighted by Gasteiger charge is 2.33. The van der Waals surface area contributed by atoms with Gasteiger partial charge in [0.05, 0.1) is 49.3 Å². The third kappa shape index (κ3) is 22.5. The van der Waals surface area contributed by atoms with Gasteiger partial charge >= 0.3 is 0 Å². The number of methoxy groups -OCH3 is 2. The fraction of sp³-hybridized carbons (Fsp3) is 0.451. The standard InChI is InChI=1S/C44H62.C30H36ClN6O2P.C28H33N4O3P/c1-8-35-30-42(38-24-22-37(23-25-38)36-16-13-14-31(4)18-21-36)33(6)26-41(35)28-34-20-19-32(5)40(27-34)29-39-15-11-12-17-43(39)44(7,9-2)10-3;1-36-15-17-37(18-16-36)23-13-14-25(27(19-23)39-2)34-30-32-20-24(31)29(35-30)33-26-11-7-8-12-28(26)40(3,38)21-22-9-5-4-6-10-22;1-35-25-18-20(32-15-13-21(33)14-16-32)12-11-19(25)17-27-29-23-9-6-7-22(23)28(31-27)30-24-8-4-5-10-26(24)36(2,3)34/h11-12,15,17,19-20,26-27,30-31,36-38H,8-10,13-14,16,18,21-25,28-29H2,1-7H3;4-5,7-9,11-14,19-20H,6,10,15-18,21H2,1-3H3,(H2,32,33,34,35);4-8,10-12,18,21,33H,9,13-17H2,1-3H3,(H,29,30,31). The quantitative estimate of drug-likeness (QED) is 0.0298. The van der Waals surface area contributed by atoms with Crippen molar-refractivity contribution < 1.29 is 23.7 Å². The maximum absolute atomic E-state index is 13.9. The monoisotopic (exact) mass is 1670 g/mol. The summed E-state index contributed by atoms with van der Waals surface area (Å²) in [5.41, 5.74) is 22.6. The Morgan fingerprint density at radius 3 is 1.98 bits per heavy atom. The molecule has 4 N–H and O–H groups in total. The number of anilines is 8. The summed E-state index contributed by atoms with van der Waals surface area (Å²) in [5.74, 6) is 7.45. The van der Waals surface area contributed by atoms with E-state index >= 15 is 0 Å². The van der Waals surface area contributed by atoms with Crippen molar-refractivity contribution in [2.75, 3.05) is 112 Å². The minimum Gasteiger partial charge on any atom is -0.496 e. The maximum Gasteiger partial charge on any atom is 0.229 e. The van der Waals surface area contributed by atoms with Gasteiger partial charge in [0.15, 0.2) is 5.82 Å². The minimum absolute atomic E-state index is 0.203. The molecule has 2 aliphatic heterocycles. The second kappa shape index (κ2) is 40.9. The molecular formula is C102H131ClN10O5P2. The van der Waals surface area contributed by atoms with Gasteiger partial charge in [-0.1, -0.05) is 193 Å². The van der Waals surface area contributed by atoms with Crippen LogP contribution in [-0.2, 0) is 46.6 Å². The van der Waals surface area contributed by atoms with Crippen molar-refractivity contribution >= 4 is 88.6 Å². The van der Waals surface area contributed by atoms with E-state index in [0.29, 0.717) is 40.9 Å². The summed E-state index contributed by atoms with van der Waals surface area (Å²) in [7, 11) is 0.331. The van der Waals surface area contributed by atoms with E-state index < -0.39 is 14.3 Å². The zero-order valence-electron chi connectivity index (χ0n) is 73.7. The third-order valence-corrected chi connectivity index (χ3v) is 31.0. The molecule has 120 heavy (non-hydrogen) atoms. The number of likely N-dealkylation sites (N-methyl/N-ethyl adjacent to an activating group) is 1. The first-order chi connectivity index (χ1) is 57.9. The summed E-state index contributed by atoms with van der Waals surface area (Å²) in [5, 5.41) is 21.8. The molecule has 0 bridgehead atoms. The maximum atomic E-state index is 13.9. The zero-order valence-corrected chi connectivity index (χ0v) is 76.2. The summed E-state index contributed by atoms with van der Waals surface area (Å²) in [6.07, 6.45) is 35.7. The number of rotatable bonds is 26. The number of aryl methyl sites for hydroxylation is 3. The minimum atomic E-state index is -2.69. The van der Waals surface area contributed by atoms with Crippen molar-refractivity contribution in [2.24, 2.45) is 17.8 Å². The lowest BCUT2D eigenvalue weighted by Crippen LogP contribution is -2.44. The molecule has 4 fully saturated rings. The van der Waals surface area contributed by atoms with Gasteiger partial charge in [0.1, 0.15) is 42.4 Å². The highest BCUT2D eigenvalue weighted by Crippen LogP contribution is 2.48. The Bertz CT molecular complexity index is 5200. The summed E-state index contributed by atoms with van der Waals surface area (Å²) >= 11 is 6.51. The molecule has 15 nitrogen and oxygen atoms in total. The number of piperazine rings is 1. The normalized spacial score (nSPS) is 18.9. The van der Waals surface area contributed by atoms with E-state index in [1.807, 2.05) is 79.5 Å². The fourth-order valence-corrected chi connectivity index (χ4v) is 22.5. The molecule has 3 unspecified atom stereocenters. The van der Waals surface area contributed by atoms with Crippen LogP contribution < -0.4 is 45.8 Å². The van der Waals surface area contributed by atoms with Crippen LogP contribution in [0.5, 0.6) is 11.5 Å². The molecule has 2 saturated carbocycles. The summed E-state index contributed by atoms with van der Waals surface area (Å²) in [6, 6.07) is 49.4. The predicted molar refractivity (Wildman–Crippen MR) is 506 cm³/mol. The molecular weight excluding hydrogens is 1540 g/mol. The van der Waals surface area contributed by atoms with Crippen LogP contribution in [0.15, 0.2) is 176 Å². The molecule has 15 rings (SSSR count). The molecule has 0 spiro atoms. The molecule has 9 aromatic rings. The van der Waals surface area contributed by atoms with Crippen molar-refractivity contribution in [2.45, 2.75) is 194 Å². The number of aliphatic hydroxyl groups is 1. The number of halogens is 1. The Morgan fingerprint density at radius 1 is 0.600 bits per heavy atom. The second-order valence-electron chi connectivity index (χ2n) is 35.6. The van der Waals surface area contributed by atoms with Crippen LogP contribution >= 0.6 is 25.9 Å². The Hall–Kier alpha value is -8.81. The Balaban J connectivity index is 0.000000156. The van der Waals surface area contributed by atoms with Crippen molar-refractivity contribution in [1.82, 2.24) is 24.8 Å². The van der Waals surface area contributed by atoms with E-state index in [1.54, 1.807) is 44.9 Å². The molecule has 4 aliphatic carbocycles. The number of nitrogens with zero attached hydrogens (tertiary/aromatic N) is 7. The van der Waals surface area contributed by atoms with Crippen molar-refractivity contribution in [1.29, 1.82) is 0 Å². The number of aromatic nitrogens is 4. The fourth-order valence-electron chi connectivity index (χ4n) is 19.0. The number of fused-ring (bicyclic) bond motifs is 1. The molecule has 0 amide bonds. The number of aliphatic hydroxyl groups excluding tert-OH is 1. The summed E-state index contributed by atoms with van der Waals surface area (Å²) in [6.45, 7) is 27.7. The van der Waals surface area contributed by atoms with E-state index in [-0.39, 0.29) is 11.5 Å². The highest BCUT2D eigenvalue weighted by atomic mass is 35.5. The van der Waals surface area contributed by atoms with Crippen molar-refractivity contribution in [3.8, 4) is 11.5 Å². The van der Waals surface area contributed by atoms with Crippen LogP contribution in [0.4, 0.5) is 46.0 Å². The average Bonchev–Trinajstić information content (AvgIpc) is 1.46. The lowest BCUT2D eigenvalue weighted by molar-refractivity contribution is 0.145. The molecule has 18 heteroatoms. The van der Waals surface area contributed by atoms with Gasteiger partial charge in [0.2, 0.25) is 5.95 Å². The van der Waals surface area contributed by atoms with E-state index in [9.17, 15) is 14.2 Å². The zero-order chi connectivity index (χ0) is 84.7. The van der Waals surface area contributed by atoms with Gasteiger partial charge in [0, 0.05) is 104 Å². The number of benzene rings is 7. The first-order valence-corrected chi connectivity index (χ1v) is 49.8. The van der Waals surface area contributed by atoms with Gasteiger partial charge in [0.25, 0.3) is 0 Å². The predicted octanol–water partition coefficient (Wildman–Crippen LogP) is 23.5. The van der Waals surface area contributed by atoms with E-state index in [0.717, 1.165) is 182 Å². The van der Waals surface area contributed by atoms with Gasteiger partial charge in [-0.25, -0.2) is 15.0 Å². The van der Waals surface area contributed by atoms with Crippen molar-refractivity contribution in [3.63, 3.8) is 0 Å². The number of allylic oxidation sites excluding steroid dienone is 5. The molecule has 2 aromatic heterocycles. The van der Waals surface area contributed by atoms with Crippen LogP contribution in [0, 0.1) is 31.6 Å². The largest absolute Gasteiger partial charge is 0.496 e. The lowest BCUT2D eigenvalue weighted by Gasteiger charge is -2.34. The number of hydrogen-bond acceptors (Lipinski definition) is 15. The van der Waals surface area contributed by atoms with E-state index in [1.165, 1.54) is 115 Å². The second-order valence-corrected chi connectivity index (χ2v) is 42.2. The smallest absolute Gasteiger partial charge is 0.229 e. The van der Waals surface area contributed by atoms with E-state index in [4.69, 9.17) is 31.0 Å². The number of para-hydroxylation sites is 2. The van der Waals surface area contributed by atoms with Gasteiger partial charge in [-0.3, -0.25) is 0 Å². The summed E-state index contributed by atoms with van der Waals surface area (Å²) < 4.78 is 38.2. The topological polar surface area (TPSA) is 170 Å². The van der Waals surface area contributed by atoms with Crippen LogP contribution in [0.25, 0.3) is 6.08 Å².